The van der Waals surface area contributed by atoms with Gasteiger partial charge in [0.1, 0.15) is 11.6 Å². The first-order valence-electron chi connectivity index (χ1n) is 7.23. The molecule has 2 rings (SSSR count). The van der Waals surface area contributed by atoms with Gasteiger partial charge in [-0.3, -0.25) is 19.4 Å². The summed E-state index contributed by atoms with van der Waals surface area (Å²) in [4.78, 5) is 27.2. The third-order valence-electron chi connectivity index (χ3n) is 3.87. The lowest BCUT2D eigenvalue weighted by Crippen LogP contribution is -2.41. The fourth-order valence-corrected chi connectivity index (χ4v) is 2.42. The van der Waals surface area contributed by atoms with Gasteiger partial charge in [0.15, 0.2) is 0 Å². The molecule has 7 nitrogen and oxygen atoms in total. The van der Waals surface area contributed by atoms with E-state index in [1.807, 2.05) is 6.07 Å². The Bertz CT molecular complexity index is 568. The molecule has 1 fully saturated rings. The zero-order valence-electron chi connectivity index (χ0n) is 12.9. The number of nitrogens with zero attached hydrogens (tertiary/aromatic N) is 3. The Labute approximate surface area is 129 Å². The zero-order valence-corrected chi connectivity index (χ0v) is 12.9. The molecular formula is C15H20N4O3. The number of nitriles is 1. The van der Waals surface area contributed by atoms with E-state index in [0.717, 1.165) is 37.7 Å². The summed E-state index contributed by atoms with van der Waals surface area (Å²) in [5.41, 5.74) is 0.804. The summed E-state index contributed by atoms with van der Waals surface area (Å²) >= 11 is 0. The second-order valence-electron chi connectivity index (χ2n) is 5.25. The van der Waals surface area contributed by atoms with Crippen molar-refractivity contribution in [3.8, 4) is 6.07 Å². The van der Waals surface area contributed by atoms with E-state index in [1.54, 1.807) is 13.1 Å². The molecule has 0 spiro atoms. The van der Waals surface area contributed by atoms with E-state index in [2.05, 4.69) is 10.2 Å². The molecule has 1 saturated heterocycles. The van der Waals surface area contributed by atoms with Gasteiger partial charge in [0, 0.05) is 39.4 Å². The Hall–Kier alpha value is -2.17. The van der Waals surface area contributed by atoms with E-state index >= 15 is 0 Å². The molecule has 1 N–H and O–H groups in total. The van der Waals surface area contributed by atoms with Crippen molar-refractivity contribution < 1.29 is 14.3 Å². The minimum atomic E-state index is -0.546. The van der Waals surface area contributed by atoms with Crippen molar-refractivity contribution in [1.29, 1.82) is 5.26 Å². The maximum atomic E-state index is 12.1. The predicted octanol–water partition coefficient (Wildman–Crippen LogP) is -0.369. The van der Waals surface area contributed by atoms with E-state index in [0.29, 0.717) is 17.7 Å². The quantitative estimate of drug-likeness (QED) is 0.433. The van der Waals surface area contributed by atoms with Crippen LogP contribution in [0.15, 0.2) is 22.9 Å². The molecule has 0 aromatic carbocycles. The fraction of sp³-hybridized carbons (Fsp3) is 0.533. The van der Waals surface area contributed by atoms with Gasteiger partial charge in [0.25, 0.3) is 11.8 Å². The monoisotopic (exact) mass is 304 g/mol. The standard InChI is InChI=1S/C15H20N4O3/c1-11-12(9-16)14(20)18(2)15(21)13(11)10-17-3-4-19-5-7-22-8-6-19/h10,17H,3-8H2,1-2H3/b13-10-. The van der Waals surface area contributed by atoms with Crippen molar-refractivity contribution in [2.75, 3.05) is 46.4 Å². The van der Waals surface area contributed by atoms with Gasteiger partial charge >= 0.3 is 0 Å². The summed E-state index contributed by atoms with van der Waals surface area (Å²) in [6.45, 7) is 6.47. The molecule has 0 bridgehead atoms. The van der Waals surface area contributed by atoms with Gasteiger partial charge in [-0.1, -0.05) is 0 Å². The number of carbonyl (C=O) groups is 2. The molecule has 0 aromatic heterocycles. The number of carbonyl (C=O) groups excluding carboxylic acids is 2. The molecule has 7 heteroatoms. The van der Waals surface area contributed by atoms with Crippen molar-refractivity contribution in [2.24, 2.45) is 0 Å². The van der Waals surface area contributed by atoms with Crippen LogP contribution in [0.1, 0.15) is 6.92 Å². The van der Waals surface area contributed by atoms with Gasteiger partial charge in [-0.15, -0.1) is 0 Å². The van der Waals surface area contributed by atoms with Crippen LogP contribution in [-0.4, -0.2) is 68.1 Å². The van der Waals surface area contributed by atoms with Crippen LogP contribution in [0.25, 0.3) is 0 Å². The highest BCUT2D eigenvalue weighted by atomic mass is 16.5. The first kappa shape index (κ1) is 16.2. The molecule has 0 radical (unpaired) electrons. The lowest BCUT2D eigenvalue weighted by atomic mass is 9.96. The average Bonchev–Trinajstić information content (AvgIpc) is 2.54. The van der Waals surface area contributed by atoms with Crippen LogP contribution in [-0.2, 0) is 14.3 Å². The normalized spacial score (nSPS) is 22.2. The molecule has 0 atom stereocenters. The summed E-state index contributed by atoms with van der Waals surface area (Å²) in [6, 6.07) is 1.87. The highest BCUT2D eigenvalue weighted by molar-refractivity contribution is 6.17. The molecule has 0 unspecified atom stereocenters. The topological polar surface area (TPSA) is 85.7 Å². The van der Waals surface area contributed by atoms with Crippen molar-refractivity contribution in [3.63, 3.8) is 0 Å². The number of nitrogens with one attached hydrogen (secondary N) is 1. The van der Waals surface area contributed by atoms with Gasteiger partial charge in [-0.2, -0.15) is 5.26 Å². The largest absolute Gasteiger partial charge is 0.389 e. The van der Waals surface area contributed by atoms with E-state index < -0.39 is 5.91 Å². The molecule has 0 saturated carbocycles. The van der Waals surface area contributed by atoms with E-state index in [9.17, 15) is 9.59 Å². The zero-order chi connectivity index (χ0) is 16.1. The molecule has 22 heavy (non-hydrogen) atoms. The van der Waals surface area contributed by atoms with Crippen molar-refractivity contribution >= 4 is 11.8 Å². The number of morpholine rings is 1. The van der Waals surface area contributed by atoms with Crippen molar-refractivity contribution in [1.82, 2.24) is 15.1 Å². The number of ether oxygens (including phenoxy) is 1. The number of imide groups is 1. The smallest absolute Gasteiger partial charge is 0.271 e. The lowest BCUT2D eigenvalue weighted by molar-refractivity contribution is -0.138. The lowest BCUT2D eigenvalue weighted by Gasteiger charge is -2.26. The summed E-state index contributed by atoms with van der Waals surface area (Å²) in [7, 11) is 1.38. The van der Waals surface area contributed by atoms with Crippen molar-refractivity contribution in [3.05, 3.63) is 22.9 Å². The Balaban J connectivity index is 2.00. The Morgan fingerprint density at radius 3 is 2.64 bits per heavy atom. The second-order valence-corrected chi connectivity index (χ2v) is 5.25. The Kier molecular flexibility index (Phi) is 5.31. The highest BCUT2D eigenvalue weighted by Gasteiger charge is 2.32. The van der Waals surface area contributed by atoms with Gasteiger partial charge in [0.2, 0.25) is 0 Å². The van der Waals surface area contributed by atoms with E-state index in [1.165, 1.54) is 7.05 Å². The summed E-state index contributed by atoms with van der Waals surface area (Å²) in [5, 5.41) is 12.2. The summed E-state index contributed by atoms with van der Waals surface area (Å²) in [5.74, 6) is -0.934. The molecule has 2 aliphatic rings. The first-order valence-corrected chi connectivity index (χ1v) is 7.23. The number of likely N-dealkylation sites (N-methyl/N-ethyl adjacent to an activating group) is 1. The van der Waals surface area contributed by atoms with Gasteiger partial charge in [-0.05, 0) is 12.5 Å². The molecule has 0 aliphatic carbocycles. The van der Waals surface area contributed by atoms with Crippen LogP contribution in [0, 0.1) is 11.3 Å². The Morgan fingerprint density at radius 1 is 1.32 bits per heavy atom. The van der Waals surface area contributed by atoms with Crippen LogP contribution >= 0.6 is 0 Å². The maximum Gasteiger partial charge on any atom is 0.271 e. The number of hydrogen-bond donors (Lipinski definition) is 1. The molecule has 0 aromatic rings. The number of rotatable bonds is 4. The summed E-state index contributed by atoms with van der Waals surface area (Å²) in [6.07, 6.45) is 1.60. The molecule has 2 amide bonds. The predicted molar refractivity (Wildman–Crippen MR) is 79.4 cm³/mol. The molecule has 2 aliphatic heterocycles. The number of hydrogen-bond acceptors (Lipinski definition) is 6. The average molecular weight is 304 g/mol. The van der Waals surface area contributed by atoms with E-state index in [-0.39, 0.29) is 11.5 Å². The van der Waals surface area contributed by atoms with Crippen LogP contribution in [0.3, 0.4) is 0 Å². The van der Waals surface area contributed by atoms with Gasteiger partial charge in [-0.25, -0.2) is 0 Å². The van der Waals surface area contributed by atoms with Crippen LogP contribution < -0.4 is 5.32 Å². The third-order valence-corrected chi connectivity index (χ3v) is 3.87. The van der Waals surface area contributed by atoms with Crippen molar-refractivity contribution in [2.45, 2.75) is 6.92 Å². The highest BCUT2D eigenvalue weighted by Crippen LogP contribution is 2.23. The fourth-order valence-electron chi connectivity index (χ4n) is 2.42. The maximum absolute atomic E-state index is 12.1. The minimum Gasteiger partial charge on any atom is -0.389 e. The van der Waals surface area contributed by atoms with E-state index in [4.69, 9.17) is 10.00 Å². The third kappa shape index (κ3) is 3.35. The van der Waals surface area contributed by atoms with Crippen LogP contribution in [0.4, 0.5) is 0 Å². The molecule has 2 heterocycles. The number of amides is 2. The minimum absolute atomic E-state index is 0.0170. The molecular weight excluding hydrogens is 284 g/mol. The van der Waals surface area contributed by atoms with Crippen LogP contribution in [0.5, 0.6) is 0 Å². The first-order chi connectivity index (χ1) is 10.6. The molecule has 118 valence electrons. The Morgan fingerprint density at radius 2 is 2.00 bits per heavy atom. The second kappa shape index (κ2) is 7.20. The van der Waals surface area contributed by atoms with Crippen LogP contribution in [0.2, 0.25) is 0 Å². The summed E-state index contributed by atoms with van der Waals surface area (Å²) < 4.78 is 5.28. The van der Waals surface area contributed by atoms with Gasteiger partial charge < -0.3 is 10.1 Å². The SMILES string of the molecule is CC1=C(C#N)C(=O)N(C)C(=O)/C1=C\NCCN1CCOCC1. The van der Waals surface area contributed by atoms with Gasteiger partial charge in [0.05, 0.1) is 18.8 Å².